The number of nitrogens with zero attached hydrogens (tertiary/aromatic N) is 3. The van der Waals surface area contributed by atoms with E-state index in [0.29, 0.717) is 5.82 Å². The molecule has 1 aliphatic rings. The fourth-order valence-electron chi connectivity index (χ4n) is 3.07. The Balaban J connectivity index is 1.68. The molecule has 2 aromatic rings. The largest absolute Gasteiger partial charge is 0.314 e. The molecule has 0 spiro atoms. The number of sulfonamides is 1. The Hall–Kier alpha value is -1.73. The molecule has 23 heavy (non-hydrogen) atoms. The maximum Gasteiger partial charge on any atom is 0.212 e. The molecule has 2 atom stereocenters. The highest BCUT2D eigenvalue weighted by atomic mass is 32.2. The van der Waals surface area contributed by atoms with Gasteiger partial charge in [-0.2, -0.15) is 0 Å². The van der Waals surface area contributed by atoms with Crippen LogP contribution in [-0.2, 0) is 23.0 Å². The Morgan fingerprint density at radius 3 is 2.70 bits per heavy atom. The first-order valence-corrected chi connectivity index (χ1v) is 9.58. The van der Waals surface area contributed by atoms with Gasteiger partial charge in [0.25, 0.3) is 0 Å². The average molecular weight is 334 g/mol. The lowest BCUT2D eigenvalue weighted by atomic mass is 10.0. The summed E-state index contributed by atoms with van der Waals surface area (Å²) >= 11 is 0. The van der Waals surface area contributed by atoms with E-state index in [1.54, 1.807) is 0 Å². The van der Waals surface area contributed by atoms with E-state index >= 15 is 0 Å². The van der Waals surface area contributed by atoms with Crippen molar-refractivity contribution in [2.24, 2.45) is 0 Å². The van der Waals surface area contributed by atoms with E-state index in [1.165, 1.54) is 0 Å². The van der Waals surface area contributed by atoms with Crippen molar-refractivity contribution in [2.45, 2.75) is 45.2 Å². The quantitative estimate of drug-likeness (QED) is 0.876. The van der Waals surface area contributed by atoms with Gasteiger partial charge in [0.1, 0.15) is 5.82 Å². The minimum Gasteiger partial charge on any atom is -0.314 e. The van der Waals surface area contributed by atoms with Crippen LogP contribution in [0.15, 0.2) is 30.3 Å². The van der Waals surface area contributed by atoms with E-state index in [9.17, 15) is 8.42 Å². The molecule has 0 bridgehead atoms. The van der Waals surface area contributed by atoms with Gasteiger partial charge in [-0.15, -0.1) is 10.2 Å². The van der Waals surface area contributed by atoms with Gasteiger partial charge in [0.05, 0.1) is 11.8 Å². The summed E-state index contributed by atoms with van der Waals surface area (Å²) in [4.78, 5) is 0. The van der Waals surface area contributed by atoms with Crippen molar-refractivity contribution in [1.29, 1.82) is 0 Å². The Labute approximate surface area is 137 Å². The summed E-state index contributed by atoms with van der Waals surface area (Å²) in [6.45, 7) is 4.61. The Morgan fingerprint density at radius 2 is 1.96 bits per heavy atom. The van der Waals surface area contributed by atoms with E-state index in [-0.39, 0.29) is 17.7 Å². The SMILES string of the molecule is CC(CS(=O)(=O)NC(C)c1nnc2n1CCC2)c1ccccc1. The molecule has 2 heterocycles. The summed E-state index contributed by atoms with van der Waals surface area (Å²) in [5, 5.41) is 8.28. The zero-order valence-corrected chi connectivity index (χ0v) is 14.3. The second kappa shape index (κ2) is 6.41. The molecule has 0 fully saturated rings. The minimum atomic E-state index is -3.40. The smallest absolute Gasteiger partial charge is 0.212 e. The van der Waals surface area contributed by atoms with Gasteiger partial charge in [0.15, 0.2) is 5.82 Å². The zero-order chi connectivity index (χ0) is 16.4. The van der Waals surface area contributed by atoms with E-state index in [4.69, 9.17) is 0 Å². The van der Waals surface area contributed by atoms with Crippen LogP contribution >= 0.6 is 0 Å². The van der Waals surface area contributed by atoms with E-state index in [2.05, 4.69) is 14.9 Å². The minimum absolute atomic E-state index is 0.0579. The highest BCUT2D eigenvalue weighted by Gasteiger charge is 2.25. The van der Waals surface area contributed by atoms with Crippen molar-refractivity contribution in [3.8, 4) is 0 Å². The van der Waals surface area contributed by atoms with E-state index < -0.39 is 10.0 Å². The predicted octanol–water partition coefficient (Wildman–Crippen LogP) is 2.01. The third kappa shape index (κ3) is 3.61. The molecule has 2 unspecified atom stereocenters. The number of nitrogens with one attached hydrogen (secondary N) is 1. The highest BCUT2D eigenvalue weighted by Crippen LogP contribution is 2.21. The molecule has 1 aromatic carbocycles. The van der Waals surface area contributed by atoms with Gasteiger partial charge in [-0.3, -0.25) is 0 Å². The first-order chi connectivity index (χ1) is 11.0. The van der Waals surface area contributed by atoms with Crippen molar-refractivity contribution in [3.63, 3.8) is 0 Å². The van der Waals surface area contributed by atoms with E-state index in [0.717, 1.165) is 30.8 Å². The second-order valence-electron chi connectivity index (χ2n) is 6.16. The predicted molar refractivity (Wildman–Crippen MR) is 88.5 cm³/mol. The Morgan fingerprint density at radius 1 is 1.22 bits per heavy atom. The Kier molecular flexibility index (Phi) is 4.50. The number of rotatable bonds is 6. The average Bonchev–Trinajstić information content (AvgIpc) is 3.09. The fraction of sp³-hybridized carbons (Fsp3) is 0.500. The molecule has 0 amide bonds. The van der Waals surface area contributed by atoms with Gasteiger partial charge in [-0.25, -0.2) is 13.1 Å². The topological polar surface area (TPSA) is 76.9 Å². The maximum atomic E-state index is 12.5. The molecule has 0 saturated carbocycles. The summed E-state index contributed by atoms with van der Waals surface area (Å²) in [7, 11) is -3.40. The van der Waals surface area contributed by atoms with Crippen LogP contribution < -0.4 is 4.72 Å². The van der Waals surface area contributed by atoms with Crippen LogP contribution in [-0.4, -0.2) is 28.9 Å². The van der Waals surface area contributed by atoms with Gasteiger partial charge >= 0.3 is 0 Å². The van der Waals surface area contributed by atoms with Crippen LogP contribution in [0.2, 0.25) is 0 Å². The third-order valence-electron chi connectivity index (χ3n) is 4.22. The maximum absolute atomic E-state index is 12.5. The molecule has 1 N–H and O–H groups in total. The van der Waals surface area contributed by atoms with Crippen LogP contribution in [0.5, 0.6) is 0 Å². The Bertz CT molecular complexity index is 771. The van der Waals surface area contributed by atoms with Gasteiger partial charge in [0, 0.05) is 13.0 Å². The molecule has 0 radical (unpaired) electrons. The fourth-order valence-corrected chi connectivity index (χ4v) is 4.66. The molecule has 124 valence electrons. The zero-order valence-electron chi connectivity index (χ0n) is 13.4. The standard InChI is InChI=1S/C16H22N4O2S/c1-12(14-7-4-3-5-8-14)11-23(21,22)19-13(2)16-18-17-15-9-6-10-20(15)16/h3-5,7-8,12-13,19H,6,9-11H2,1-2H3. The molecular formula is C16H22N4O2S. The summed E-state index contributed by atoms with van der Waals surface area (Å²) in [6.07, 6.45) is 1.96. The van der Waals surface area contributed by atoms with Crippen LogP contribution in [0.4, 0.5) is 0 Å². The van der Waals surface area contributed by atoms with Crippen LogP contribution in [0.25, 0.3) is 0 Å². The van der Waals surface area contributed by atoms with Crippen molar-refractivity contribution in [2.75, 3.05) is 5.75 Å². The van der Waals surface area contributed by atoms with Crippen molar-refractivity contribution in [1.82, 2.24) is 19.5 Å². The molecule has 6 nitrogen and oxygen atoms in total. The van der Waals surface area contributed by atoms with Crippen molar-refractivity contribution < 1.29 is 8.42 Å². The van der Waals surface area contributed by atoms with Gasteiger partial charge < -0.3 is 4.57 Å². The van der Waals surface area contributed by atoms with Crippen molar-refractivity contribution in [3.05, 3.63) is 47.5 Å². The number of fused-ring (bicyclic) bond motifs is 1. The lowest BCUT2D eigenvalue weighted by Gasteiger charge is -2.17. The molecule has 1 aliphatic heterocycles. The van der Waals surface area contributed by atoms with Gasteiger partial charge in [-0.05, 0) is 24.8 Å². The molecule has 7 heteroatoms. The highest BCUT2D eigenvalue weighted by molar-refractivity contribution is 7.89. The summed E-state index contributed by atoms with van der Waals surface area (Å²) in [5.74, 6) is 1.64. The first-order valence-electron chi connectivity index (χ1n) is 7.93. The summed E-state index contributed by atoms with van der Waals surface area (Å²) in [5.41, 5.74) is 1.02. The van der Waals surface area contributed by atoms with Crippen molar-refractivity contribution >= 4 is 10.0 Å². The van der Waals surface area contributed by atoms with Crippen LogP contribution in [0, 0.1) is 0 Å². The molecule has 0 aliphatic carbocycles. The number of aromatic nitrogens is 3. The number of benzene rings is 1. The van der Waals surface area contributed by atoms with Crippen LogP contribution in [0.1, 0.15) is 49.4 Å². The molecule has 3 rings (SSSR count). The lowest BCUT2D eigenvalue weighted by molar-refractivity contribution is 0.542. The molecular weight excluding hydrogens is 312 g/mol. The number of hydrogen-bond acceptors (Lipinski definition) is 4. The molecule has 0 saturated heterocycles. The first kappa shape index (κ1) is 16.1. The number of hydrogen-bond donors (Lipinski definition) is 1. The summed E-state index contributed by atoms with van der Waals surface area (Å²) < 4.78 is 29.7. The monoisotopic (exact) mass is 334 g/mol. The third-order valence-corrected chi connectivity index (χ3v) is 5.87. The normalized spacial score (nSPS) is 17.0. The van der Waals surface area contributed by atoms with Crippen LogP contribution in [0.3, 0.4) is 0 Å². The lowest BCUT2D eigenvalue weighted by Crippen LogP contribution is -2.32. The van der Waals surface area contributed by atoms with Gasteiger partial charge in [-0.1, -0.05) is 37.3 Å². The number of aryl methyl sites for hydroxylation is 1. The summed E-state index contributed by atoms with van der Waals surface area (Å²) in [6, 6.07) is 9.31. The second-order valence-corrected chi connectivity index (χ2v) is 7.96. The molecule has 1 aromatic heterocycles. The van der Waals surface area contributed by atoms with E-state index in [1.807, 2.05) is 48.7 Å². The van der Waals surface area contributed by atoms with Gasteiger partial charge in [0.2, 0.25) is 10.0 Å².